The highest BCUT2D eigenvalue weighted by Crippen LogP contribution is 2.22. The normalized spacial score (nSPS) is 15.9. The molecule has 0 aliphatic heterocycles. The zero-order valence-electron chi connectivity index (χ0n) is 10.3. The zero-order valence-corrected chi connectivity index (χ0v) is 11.9. The Labute approximate surface area is 106 Å². The van der Waals surface area contributed by atoms with Gasteiger partial charge in [0.25, 0.3) is 0 Å². The minimum atomic E-state index is -3.26. The molecule has 2 unspecified atom stereocenters. The molecule has 2 atom stereocenters. The van der Waals surface area contributed by atoms with Crippen LogP contribution in [0.15, 0.2) is 0 Å². The first-order valence-electron chi connectivity index (χ1n) is 5.19. The van der Waals surface area contributed by atoms with E-state index >= 15 is 0 Å². The van der Waals surface area contributed by atoms with Gasteiger partial charge in [-0.05, 0) is 13.8 Å². The van der Waals surface area contributed by atoms with Gasteiger partial charge in [-0.2, -0.15) is 5.10 Å². The van der Waals surface area contributed by atoms with E-state index in [1.807, 2.05) is 0 Å². The molecule has 0 aliphatic rings. The Morgan fingerprint density at radius 2 is 2.06 bits per heavy atom. The van der Waals surface area contributed by atoms with Crippen LogP contribution in [-0.2, 0) is 23.3 Å². The minimum Gasteiger partial charge on any atom is -0.391 e. The molecule has 0 fully saturated rings. The van der Waals surface area contributed by atoms with Crippen LogP contribution in [0.2, 0.25) is 5.15 Å². The Hall–Kier alpha value is -0.590. The van der Waals surface area contributed by atoms with Crippen molar-refractivity contribution in [3.8, 4) is 0 Å². The quantitative estimate of drug-likeness (QED) is 0.882. The maximum Gasteiger partial charge on any atom is 0.152 e. The molecule has 0 saturated carbocycles. The van der Waals surface area contributed by atoms with Crippen LogP contribution in [0.5, 0.6) is 0 Å². The van der Waals surface area contributed by atoms with Gasteiger partial charge in [-0.15, -0.1) is 0 Å². The lowest BCUT2D eigenvalue weighted by Gasteiger charge is -2.16. The summed E-state index contributed by atoms with van der Waals surface area (Å²) in [6.07, 6.45) is 0.316. The van der Waals surface area contributed by atoms with E-state index in [4.69, 9.17) is 11.6 Å². The summed E-state index contributed by atoms with van der Waals surface area (Å²) >= 11 is 6.02. The number of rotatable bonds is 4. The number of nitrogens with zero attached hydrogens (tertiary/aromatic N) is 2. The standard InChI is InChI=1S/C10H17ClN2O3S/c1-6-8(10(11)13(3)12-6)5-9(14)7(2)17(4,15)16/h7,9,14H,5H2,1-4H3. The second kappa shape index (κ2) is 4.96. The molecule has 5 nitrogen and oxygen atoms in total. The van der Waals surface area contributed by atoms with Crippen LogP contribution in [-0.4, -0.2) is 40.9 Å². The van der Waals surface area contributed by atoms with E-state index in [1.54, 1.807) is 14.0 Å². The van der Waals surface area contributed by atoms with Gasteiger partial charge in [0.15, 0.2) is 9.84 Å². The first-order chi connectivity index (χ1) is 7.64. The van der Waals surface area contributed by atoms with Gasteiger partial charge < -0.3 is 5.11 Å². The zero-order chi connectivity index (χ0) is 13.4. The molecular formula is C10H17ClN2O3S. The van der Waals surface area contributed by atoms with Gasteiger partial charge in [0.1, 0.15) is 5.15 Å². The Kier molecular flexibility index (Phi) is 4.22. The van der Waals surface area contributed by atoms with Crippen molar-refractivity contribution in [1.82, 2.24) is 9.78 Å². The van der Waals surface area contributed by atoms with Crippen molar-refractivity contribution in [2.24, 2.45) is 7.05 Å². The van der Waals surface area contributed by atoms with E-state index < -0.39 is 21.2 Å². The molecule has 7 heteroatoms. The van der Waals surface area contributed by atoms with Gasteiger partial charge in [0.05, 0.1) is 17.0 Å². The Bertz CT molecular complexity index is 510. The summed E-state index contributed by atoms with van der Waals surface area (Å²) in [6, 6.07) is 0. The van der Waals surface area contributed by atoms with Gasteiger partial charge in [-0.1, -0.05) is 11.6 Å². The van der Waals surface area contributed by atoms with E-state index in [0.29, 0.717) is 16.4 Å². The van der Waals surface area contributed by atoms with Crippen molar-refractivity contribution in [3.05, 3.63) is 16.4 Å². The van der Waals surface area contributed by atoms with Crippen LogP contribution >= 0.6 is 11.6 Å². The third-order valence-electron chi connectivity index (χ3n) is 2.90. The molecule has 1 N–H and O–H groups in total. The lowest BCUT2D eigenvalue weighted by molar-refractivity contribution is 0.173. The molecule has 17 heavy (non-hydrogen) atoms. The van der Waals surface area contributed by atoms with Gasteiger partial charge in [0.2, 0.25) is 0 Å². The van der Waals surface area contributed by atoms with Gasteiger partial charge in [-0.3, -0.25) is 4.68 Å². The average molecular weight is 281 g/mol. The maximum atomic E-state index is 11.3. The molecule has 0 bridgehead atoms. The summed E-state index contributed by atoms with van der Waals surface area (Å²) in [5.41, 5.74) is 1.40. The van der Waals surface area contributed by atoms with E-state index in [9.17, 15) is 13.5 Å². The summed E-state index contributed by atoms with van der Waals surface area (Å²) < 4.78 is 24.2. The van der Waals surface area contributed by atoms with Crippen LogP contribution in [0.1, 0.15) is 18.2 Å². The lowest BCUT2D eigenvalue weighted by Crippen LogP contribution is -2.32. The topological polar surface area (TPSA) is 72.2 Å². The number of halogens is 1. The van der Waals surface area contributed by atoms with Crippen LogP contribution in [0.4, 0.5) is 0 Å². The fourth-order valence-electron chi connectivity index (χ4n) is 1.57. The minimum absolute atomic E-state index is 0.187. The molecule has 1 aromatic heterocycles. The summed E-state index contributed by atoms with van der Waals surface area (Å²) in [6.45, 7) is 3.26. The SMILES string of the molecule is Cc1nn(C)c(Cl)c1CC(O)C(C)S(C)(=O)=O. The highest BCUT2D eigenvalue weighted by atomic mass is 35.5. The maximum absolute atomic E-state index is 11.3. The van der Waals surface area contributed by atoms with Crippen molar-refractivity contribution in [1.29, 1.82) is 0 Å². The van der Waals surface area contributed by atoms with Crippen molar-refractivity contribution < 1.29 is 13.5 Å². The molecule has 0 spiro atoms. The number of sulfone groups is 1. The van der Waals surface area contributed by atoms with E-state index in [2.05, 4.69) is 5.10 Å². The summed E-state index contributed by atoms with van der Waals surface area (Å²) in [5, 5.41) is 13.6. The van der Waals surface area contributed by atoms with Crippen molar-refractivity contribution in [2.45, 2.75) is 31.6 Å². The number of aromatic nitrogens is 2. The van der Waals surface area contributed by atoms with E-state index in [1.165, 1.54) is 11.6 Å². The number of aliphatic hydroxyl groups is 1. The van der Waals surface area contributed by atoms with Crippen molar-refractivity contribution in [3.63, 3.8) is 0 Å². The lowest BCUT2D eigenvalue weighted by atomic mass is 10.1. The molecule has 98 valence electrons. The molecule has 0 aliphatic carbocycles. The number of aryl methyl sites for hydroxylation is 2. The Morgan fingerprint density at radius 1 is 1.53 bits per heavy atom. The Morgan fingerprint density at radius 3 is 2.41 bits per heavy atom. The summed E-state index contributed by atoms with van der Waals surface area (Å²) in [4.78, 5) is 0. The smallest absolute Gasteiger partial charge is 0.152 e. The second-order valence-electron chi connectivity index (χ2n) is 4.28. The first kappa shape index (κ1) is 14.5. The van der Waals surface area contributed by atoms with Crippen LogP contribution < -0.4 is 0 Å². The summed E-state index contributed by atoms with van der Waals surface area (Å²) in [7, 11) is -1.56. The number of hydrogen-bond acceptors (Lipinski definition) is 4. The van der Waals surface area contributed by atoms with Gasteiger partial charge in [0, 0.05) is 25.3 Å². The van der Waals surface area contributed by atoms with Gasteiger partial charge in [-0.25, -0.2) is 8.42 Å². The molecule has 0 amide bonds. The number of hydrogen-bond donors (Lipinski definition) is 1. The fourth-order valence-corrected chi connectivity index (χ4v) is 2.48. The van der Waals surface area contributed by atoms with E-state index in [-0.39, 0.29) is 6.42 Å². The molecule has 0 saturated heterocycles. The van der Waals surface area contributed by atoms with Crippen molar-refractivity contribution in [2.75, 3.05) is 6.26 Å². The molecule has 0 aromatic carbocycles. The fraction of sp³-hybridized carbons (Fsp3) is 0.700. The molecule has 1 rings (SSSR count). The van der Waals surface area contributed by atoms with Crippen LogP contribution in [0.25, 0.3) is 0 Å². The van der Waals surface area contributed by atoms with Crippen LogP contribution in [0.3, 0.4) is 0 Å². The first-order valence-corrected chi connectivity index (χ1v) is 7.52. The predicted octanol–water partition coefficient (Wildman–Crippen LogP) is 0.718. The molecule has 1 aromatic rings. The Balaban J connectivity index is 2.92. The number of aliphatic hydroxyl groups excluding tert-OH is 1. The second-order valence-corrected chi connectivity index (χ2v) is 7.05. The monoisotopic (exact) mass is 280 g/mol. The average Bonchev–Trinajstić information content (AvgIpc) is 2.42. The van der Waals surface area contributed by atoms with Crippen LogP contribution in [0, 0.1) is 6.92 Å². The molecular weight excluding hydrogens is 264 g/mol. The largest absolute Gasteiger partial charge is 0.391 e. The van der Waals surface area contributed by atoms with Gasteiger partial charge >= 0.3 is 0 Å². The molecule has 1 heterocycles. The highest BCUT2D eigenvalue weighted by Gasteiger charge is 2.26. The third kappa shape index (κ3) is 3.20. The highest BCUT2D eigenvalue weighted by molar-refractivity contribution is 7.91. The third-order valence-corrected chi connectivity index (χ3v) is 5.04. The predicted molar refractivity (Wildman–Crippen MR) is 67.0 cm³/mol. The molecule has 0 radical (unpaired) electrons. The van der Waals surface area contributed by atoms with E-state index in [0.717, 1.165) is 6.26 Å². The summed E-state index contributed by atoms with van der Waals surface area (Å²) in [5.74, 6) is 0. The van der Waals surface area contributed by atoms with Crippen molar-refractivity contribution >= 4 is 21.4 Å².